The Bertz CT molecular complexity index is 442. The maximum Gasteiger partial charge on any atom is 0.225 e. The summed E-state index contributed by atoms with van der Waals surface area (Å²) in [7, 11) is 1.86. The van der Waals surface area contributed by atoms with Gasteiger partial charge in [0, 0.05) is 45.7 Å². The molecule has 0 atom stereocenters. The third kappa shape index (κ3) is 6.27. The smallest absolute Gasteiger partial charge is 0.225 e. The molecule has 3 fully saturated rings. The molecule has 1 saturated carbocycles. The van der Waals surface area contributed by atoms with Crippen molar-refractivity contribution in [1.29, 1.82) is 0 Å². The number of ether oxygens (including phenoxy) is 1. The van der Waals surface area contributed by atoms with E-state index in [-0.39, 0.29) is 29.9 Å². The fourth-order valence-electron chi connectivity index (χ4n) is 3.71. The zero-order chi connectivity index (χ0) is 16.8. The number of piperidine rings is 1. The molecule has 3 rings (SSSR count). The fraction of sp³-hybridized carbons (Fsp3) is 0.889. The zero-order valence-electron chi connectivity index (χ0n) is 15.4. The van der Waals surface area contributed by atoms with Gasteiger partial charge in [0.1, 0.15) is 0 Å². The van der Waals surface area contributed by atoms with Gasteiger partial charge in [-0.1, -0.05) is 12.8 Å². The third-order valence-electron chi connectivity index (χ3n) is 5.45. The predicted octanol–water partition coefficient (Wildman–Crippen LogP) is 1.94. The quantitative estimate of drug-likeness (QED) is 0.293. The molecule has 0 aromatic heterocycles. The van der Waals surface area contributed by atoms with Crippen molar-refractivity contribution >= 4 is 35.8 Å². The van der Waals surface area contributed by atoms with Crippen molar-refractivity contribution < 1.29 is 9.53 Å². The number of likely N-dealkylation sites (tertiary alicyclic amines) is 1. The molecule has 0 spiro atoms. The lowest BCUT2D eigenvalue weighted by atomic mass is 9.95. The lowest BCUT2D eigenvalue weighted by Crippen LogP contribution is -2.50. The Labute approximate surface area is 168 Å². The van der Waals surface area contributed by atoms with Crippen molar-refractivity contribution in [2.45, 2.75) is 38.5 Å². The van der Waals surface area contributed by atoms with Crippen LogP contribution in [0.25, 0.3) is 0 Å². The molecule has 1 aliphatic carbocycles. The van der Waals surface area contributed by atoms with Gasteiger partial charge in [0.25, 0.3) is 0 Å². The highest BCUT2D eigenvalue weighted by Gasteiger charge is 2.30. The number of aliphatic imine (C=N–C) groups is 1. The molecule has 2 heterocycles. The van der Waals surface area contributed by atoms with E-state index in [1.54, 1.807) is 0 Å². The molecular weight excluding hydrogens is 431 g/mol. The zero-order valence-corrected chi connectivity index (χ0v) is 17.7. The summed E-state index contributed by atoms with van der Waals surface area (Å²) in [4.78, 5) is 21.3. The molecule has 1 amide bonds. The average Bonchev–Trinajstić information content (AvgIpc) is 3.47. The Hall–Kier alpha value is -0.570. The maximum atomic E-state index is 12.6. The third-order valence-corrected chi connectivity index (χ3v) is 5.45. The second-order valence-electron chi connectivity index (χ2n) is 7.26. The van der Waals surface area contributed by atoms with Crippen LogP contribution in [0.2, 0.25) is 0 Å². The van der Waals surface area contributed by atoms with Crippen LogP contribution >= 0.6 is 24.0 Å². The van der Waals surface area contributed by atoms with E-state index in [1.165, 1.54) is 25.7 Å². The van der Waals surface area contributed by atoms with Gasteiger partial charge in [-0.25, -0.2) is 0 Å². The Balaban J connectivity index is 0.00000225. The van der Waals surface area contributed by atoms with Crippen LogP contribution in [0.15, 0.2) is 4.99 Å². The number of hydrogen-bond acceptors (Lipinski definition) is 3. The summed E-state index contributed by atoms with van der Waals surface area (Å²) < 4.78 is 5.34. The predicted molar refractivity (Wildman–Crippen MR) is 110 cm³/mol. The fourth-order valence-corrected chi connectivity index (χ4v) is 3.71. The van der Waals surface area contributed by atoms with Crippen LogP contribution in [-0.4, -0.2) is 74.7 Å². The molecule has 25 heavy (non-hydrogen) atoms. The molecule has 1 N–H and O–H groups in total. The minimum absolute atomic E-state index is 0. The molecule has 2 aliphatic heterocycles. The number of guanidine groups is 1. The van der Waals surface area contributed by atoms with E-state index < -0.39 is 0 Å². The highest BCUT2D eigenvalue weighted by Crippen LogP contribution is 2.33. The lowest BCUT2D eigenvalue weighted by Gasteiger charge is -2.36. The molecule has 3 aliphatic rings. The first-order chi connectivity index (χ1) is 11.8. The first-order valence-corrected chi connectivity index (χ1v) is 9.60. The Morgan fingerprint density at radius 1 is 1.08 bits per heavy atom. The van der Waals surface area contributed by atoms with Gasteiger partial charge in [-0.15, -0.1) is 24.0 Å². The standard InChI is InChI=1S/C18H32N4O2.HI/c1-19-18(20-8-2-3-15-4-5-15)22-9-6-16(7-10-22)17(23)21-11-13-24-14-12-21;/h15-16H,2-14H2,1H3,(H,19,20);1H. The van der Waals surface area contributed by atoms with Crippen molar-refractivity contribution in [3.63, 3.8) is 0 Å². The summed E-state index contributed by atoms with van der Waals surface area (Å²) in [6, 6.07) is 0. The van der Waals surface area contributed by atoms with Gasteiger partial charge in [0.2, 0.25) is 5.91 Å². The Kier molecular flexibility index (Phi) is 8.75. The number of halogens is 1. The second kappa shape index (κ2) is 10.5. The van der Waals surface area contributed by atoms with Crippen LogP contribution in [0.1, 0.15) is 38.5 Å². The normalized spacial score (nSPS) is 22.5. The average molecular weight is 464 g/mol. The molecule has 7 heteroatoms. The van der Waals surface area contributed by atoms with Crippen LogP contribution in [0, 0.1) is 11.8 Å². The number of nitrogens with one attached hydrogen (secondary N) is 1. The summed E-state index contributed by atoms with van der Waals surface area (Å²) in [6.45, 7) is 5.72. The minimum Gasteiger partial charge on any atom is -0.378 e. The number of nitrogens with zero attached hydrogens (tertiary/aromatic N) is 3. The molecule has 6 nitrogen and oxygen atoms in total. The summed E-state index contributed by atoms with van der Waals surface area (Å²) in [5.41, 5.74) is 0. The Morgan fingerprint density at radius 3 is 2.36 bits per heavy atom. The largest absolute Gasteiger partial charge is 0.378 e. The number of carbonyl (C=O) groups is 1. The van der Waals surface area contributed by atoms with E-state index in [0.717, 1.165) is 57.4 Å². The van der Waals surface area contributed by atoms with Gasteiger partial charge in [0.05, 0.1) is 13.2 Å². The summed E-state index contributed by atoms with van der Waals surface area (Å²) in [5.74, 6) is 2.50. The molecule has 0 aromatic rings. The summed E-state index contributed by atoms with van der Waals surface area (Å²) >= 11 is 0. The molecule has 144 valence electrons. The van der Waals surface area contributed by atoms with Gasteiger partial charge in [0.15, 0.2) is 5.96 Å². The molecule has 0 aromatic carbocycles. The molecule has 0 radical (unpaired) electrons. The minimum atomic E-state index is 0. The topological polar surface area (TPSA) is 57.2 Å². The number of rotatable bonds is 5. The van der Waals surface area contributed by atoms with Crippen molar-refractivity contribution in [2.24, 2.45) is 16.8 Å². The van der Waals surface area contributed by atoms with Crippen LogP contribution in [0.4, 0.5) is 0 Å². The first kappa shape index (κ1) is 20.7. The van der Waals surface area contributed by atoms with Gasteiger partial charge >= 0.3 is 0 Å². The van der Waals surface area contributed by atoms with Crippen molar-refractivity contribution in [3.05, 3.63) is 0 Å². The molecule has 2 saturated heterocycles. The summed E-state index contributed by atoms with van der Waals surface area (Å²) in [6.07, 6.45) is 7.30. The van der Waals surface area contributed by atoms with E-state index in [4.69, 9.17) is 4.74 Å². The first-order valence-electron chi connectivity index (χ1n) is 9.60. The van der Waals surface area contributed by atoms with Crippen LogP contribution in [-0.2, 0) is 9.53 Å². The van der Waals surface area contributed by atoms with Gasteiger partial charge in [-0.05, 0) is 31.6 Å². The van der Waals surface area contributed by atoms with Gasteiger partial charge < -0.3 is 19.9 Å². The van der Waals surface area contributed by atoms with Crippen LogP contribution in [0.3, 0.4) is 0 Å². The van der Waals surface area contributed by atoms with Crippen molar-refractivity contribution in [1.82, 2.24) is 15.1 Å². The molecule has 0 bridgehead atoms. The SMILES string of the molecule is CN=C(NCCCC1CC1)N1CCC(C(=O)N2CCOCC2)CC1.I. The number of carbonyl (C=O) groups excluding carboxylic acids is 1. The lowest BCUT2D eigenvalue weighted by molar-refractivity contribution is -0.140. The van der Waals surface area contributed by atoms with Crippen LogP contribution in [0.5, 0.6) is 0 Å². The number of hydrogen-bond donors (Lipinski definition) is 1. The Morgan fingerprint density at radius 2 is 1.76 bits per heavy atom. The van der Waals surface area contributed by atoms with E-state index >= 15 is 0 Å². The highest BCUT2D eigenvalue weighted by atomic mass is 127. The van der Waals surface area contributed by atoms with Crippen LogP contribution < -0.4 is 5.32 Å². The monoisotopic (exact) mass is 464 g/mol. The van der Waals surface area contributed by atoms with Crippen molar-refractivity contribution in [3.8, 4) is 0 Å². The summed E-state index contributed by atoms with van der Waals surface area (Å²) in [5, 5.41) is 3.49. The van der Waals surface area contributed by atoms with E-state index in [0.29, 0.717) is 19.1 Å². The van der Waals surface area contributed by atoms with E-state index in [2.05, 4.69) is 15.2 Å². The number of morpholine rings is 1. The maximum absolute atomic E-state index is 12.6. The van der Waals surface area contributed by atoms with E-state index in [9.17, 15) is 4.79 Å². The van der Waals surface area contributed by atoms with E-state index in [1.807, 2.05) is 11.9 Å². The highest BCUT2D eigenvalue weighted by molar-refractivity contribution is 14.0. The van der Waals surface area contributed by atoms with Gasteiger partial charge in [-0.3, -0.25) is 9.79 Å². The van der Waals surface area contributed by atoms with Crippen molar-refractivity contribution in [2.75, 3.05) is 53.0 Å². The number of amides is 1. The second-order valence-corrected chi connectivity index (χ2v) is 7.26. The molecular formula is C18H33IN4O2. The van der Waals surface area contributed by atoms with Gasteiger partial charge in [-0.2, -0.15) is 0 Å². The molecule has 0 unspecified atom stereocenters.